The molecule has 0 saturated carbocycles. The Morgan fingerprint density at radius 3 is 2.36 bits per heavy atom. The van der Waals surface area contributed by atoms with Crippen LogP contribution < -0.4 is 11.5 Å². The van der Waals surface area contributed by atoms with Gasteiger partial charge in [-0.3, -0.25) is 0 Å². The van der Waals surface area contributed by atoms with Crippen molar-refractivity contribution in [3.63, 3.8) is 0 Å². The van der Waals surface area contributed by atoms with Crippen molar-refractivity contribution >= 4 is 12.4 Å². The molecule has 0 spiro atoms. The Bertz CT molecular complexity index is 318. The van der Waals surface area contributed by atoms with E-state index in [1.54, 1.807) is 0 Å². The van der Waals surface area contributed by atoms with E-state index in [-0.39, 0.29) is 30.1 Å². The second-order valence-electron chi connectivity index (χ2n) is 2.94. The van der Waals surface area contributed by atoms with Gasteiger partial charge in [-0.05, 0) is 12.5 Å². The summed E-state index contributed by atoms with van der Waals surface area (Å²) in [6.07, 6.45) is 0. The minimum Gasteiger partial charge on any atom is -0.329 e. The van der Waals surface area contributed by atoms with Crippen LogP contribution in [0.1, 0.15) is 17.2 Å². The largest absolute Gasteiger partial charge is 0.329 e. The zero-order valence-electron chi connectivity index (χ0n) is 7.76. The van der Waals surface area contributed by atoms with Gasteiger partial charge in [-0.25, -0.2) is 8.78 Å². The lowest BCUT2D eigenvalue weighted by Gasteiger charge is -2.11. The summed E-state index contributed by atoms with van der Waals surface area (Å²) >= 11 is 0. The first-order valence-corrected chi connectivity index (χ1v) is 3.98. The van der Waals surface area contributed by atoms with Gasteiger partial charge in [0.15, 0.2) is 11.6 Å². The lowest BCUT2D eigenvalue weighted by Crippen LogP contribution is -2.22. The molecule has 0 aliphatic carbocycles. The summed E-state index contributed by atoms with van der Waals surface area (Å²) in [5.74, 6) is -1.74. The van der Waals surface area contributed by atoms with Crippen molar-refractivity contribution in [3.8, 4) is 0 Å². The third kappa shape index (κ3) is 2.41. The van der Waals surface area contributed by atoms with E-state index in [9.17, 15) is 8.78 Å². The SMILES string of the molecule is Cc1ccc([C@@H](N)CN)c(F)c1F.Cl. The quantitative estimate of drug-likeness (QED) is 0.800. The summed E-state index contributed by atoms with van der Waals surface area (Å²) in [5.41, 5.74) is 11.1. The van der Waals surface area contributed by atoms with E-state index >= 15 is 0 Å². The Morgan fingerprint density at radius 2 is 1.86 bits per heavy atom. The van der Waals surface area contributed by atoms with E-state index in [1.807, 2.05) is 0 Å². The lowest BCUT2D eigenvalue weighted by atomic mass is 10.0. The molecule has 0 aliphatic heterocycles. The fourth-order valence-electron chi connectivity index (χ4n) is 1.07. The molecular formula is C9H13ClF2N2. The third-order valence-corrected chi connectivity index (χ3v) is 1.96. The normalized spacial score (nSPS) is 12.1. The zero-order valence-corrected chi connectivity index (χ0v) is 8.57. The minimum atomic E-state index is -0.891. The van der Waals surface area contributed by atoms with Crippen molar-refractivity contribution in [1.29, 1.82) is 0 Å². The molecule has 2 nitrogen and oxygen atoms in total. The molecule has 0 amide bonds. The molecule has 5 heteroatoms. The molecule has 14 heavy (non-hydrogen) atoms. The molecule has 0 saturated heterocycles. The highest BCUT2D eigenvalue weighted by Gasteiger charge is 2.14. The Balaban J connectivity index is 0.00000169. The molecule has 0 heterocycles. The molecule has 0 fully saturated rings. The van der Waals surface area contributed by atoms with E-state index in [1.165, 1.54) is 19.1 Å². The first-order chi connectivity index (χ1) is 6.07. The Kier molecular flexibility index (Phi) is 4.97. The summed E-state index contributed by atoms with van der Waals surface area (Å²) in [7, 11) is 0. The summed E-state index contributed by atoms with van der Waals surface area (Å²) in [6, 6.07) is 2.31. The minimum absolute atomic E-state index is 0. The molecule has 1 rings (SSSR count). The standard InChI is InChI=1S/C9H12F2N2.ClH/c1-5-2-3-6(7(13)4-12)9(11)8(5)10;/h2-3,7H,4,12-13H2,1H3;1H/t7-;/m0./s1. The second kappa shape index (κ2) is 5.24. The summed E-state index contributed by atoms with van der Waals surface area (Å²) in [6.45, 7) is 1.59. The summed E-state index contributed by atoms with van der Waals surface area (Å²) in [4.78, 5) is 0. The average Bonchev–Trinajstić information content (AvgIpc) is 2.13. The fraction of sp³-hybridized carbons (Fsp3) is 0.333. The zero-order chi connectivity index (χ0) is 10.0. The first kappa shape index (κ1) is 13.3. The van der Waals surface area contributed by atoms with Crippen LogP contribution in [0.2, 0.25) is 0 Å². The molecule has 0 bridgehead atoms. The van der Waals surface area contributed by atoms with E-state index in [4.69, 9.17) is 11.5 Å². The monoisotopic (exact) mass is 222 g/mol. The molecular weight excluding hydrogens is 210 g/mol. The Labute approximate surface area is 87.7 Å². The number of rotatable bonds is 2. The van der Waals surface area contributed by atoms with Crippen molar-refractivity contribution in [2.45, 2.75) is 13.0 Å². The van der Waals surface area contributed by atoms with Crippen LogP contribution in [0.3, 0.4) is 0 Å². The fourth-order valence-corrected chi connectivity index (χ4v) is 1.07. The van der Waals surface area contributed by atoms with Gasteiger partial charge in [0.05, 0.1) is 0 Å². The van der Waals surface area contributed by atoms with Gasteiger partial charge in [0, 0.05) is 18.2 Å². The van der Waals surface area contributed by atoms with Crippen LogP contribution in [0, 0.1) is 18.6 Å². The van der Waals surface area contributed by atoms with Crippen molar-refractivity contribution in [3.05, 3.63) is 34.9 Å². The van der Waals surface area contributed by atoms with Gasteiger partial charge in [0.1, 0.15) is 0 Å². The van der Waals surface area contributed by atoms with Gasteiger partial charge >= 0.3 is 0 Å². The molecule has 0 radical (unpaired) electrons. The molecule has 1 aromatic rings. The van der Waals surface area contributed by atoms with Gasteiger partial charge in [0.25, 0.3) is 0 Å². The molecule has 0 aliphatic rings. The highest BCUT2D eigenvalue weighted by Crippen LogP contribution is 2.19. The predicted octanol–water partition coefficient (Wildman–Crippen LogP) is 1.65. The van der Waals surface area contributed by atoms with Crippen molar-refractivity contribution in [1.82, 2.24) is 0 Å². The molecule has 1 aromatic carbocycles. The smallest absolute Gasteiger partial charge is 0.163 e. The van der Waals surface area contributed by atoms with Gasteiger partial charge in [0.2, 0.25) is 0 Å². The lowest BCUT2D eigenvalue weighted by molar-refractivity contribution is 0.484. The van der Waals surface area contributed by atoms with Crippen LogP contribution in [0.15, 0.2) is 12.1 Å². The first-order valence-electron chi connectivity index (χ1n) is 3.98. The van der Waals surface area contributed by atoms with Crippen molar-refractivity contribution in [2.75, 3.05) is 6.54 Å². The van der Waals surface area contributed by atoms with E-state index in [0.29, 0.717) is 0 Å². The number of aryl methyl sites for hydroxylation is 1. The third-order valence-electron chi connectivity index (χ3n) is 1.96. The maximum absolute atomic E-state index is 13.2. The number of hydrogen-bond donors (Lipinski definition) is 2. The van der Waals surface area contributed by atoms with Crippen LogP contribution in [-0.2, 0) is 0 Å². The van der Waals surface area contributed by atoms with Gasteiger partial charge in [-0.1, -0.05) is 12.1 Å². The summed E-state index contributed by atoms with van der Waals surface area (Å²) in [5, 5.41) is 0. The van der Waals surface area contributed by atoms with Crippen LogP contribution in [0.4, 0.5) is 8.78 Å². The number of benzene rings is 1. The topological polar surface area (TPSA) is 52.0 Å². The van der Waals surface area contributed by atoms with Gasteiger partial charge < -0.3 is 11.5 Å². The maximum atomic E-state index is 13.2. The molecule has 80 valence electrons. The molecule has 0 aromatic heterocycles. The van der Waals surface area contributed by atoms with E-state index in [2.05, 4.69) is 0 Å². The van der Waals surface area contributed by atoms with Crippen LogP contribution in [0.25, 0.3) is 0 Å². The Hall–Kier alpha value is -0.710. The number of hydrogen-bond acceptors (Lipinski definition) is 2. The highest BCUT2D eigenvalue weighted by molar-refractivity contribution is 5.85. The maximum Gasteiger partial charge on any atom is 0.163 e. The molecule has 4 N–H and O–H groups in total. The second-order valence-corrected chi connectivity index (χ2v) is 2.94. The van der Waals surface area contributed by atoms with Crippen LogP contribution >= 0.6 is 12.4 Å². The molecule has 0 unspecified atom stereocenters. The molecule has 1 atom stereocenters. The predicted molar refractivity (Wildman–Crippen MR) is 54.3 cm³/mol. The van der Waals surface area contributed by atoms with Crippen molar-refractivity contribution in [2.24, 2.45) is 11.5 Å². The van der Waals surface area contributed by atoms with Crippen LogP contribution in [0.5, 0.6) is 0 Å². The van der Waals surface area contributed by atoms with E-state index < -0.39 is 17.7 Å². The average molecular weight is 223 g/mol. The van der Waals surface area contributed by atoms with Crippen molar-refractivity contribution < 1.29 is 8.78 Å². The van der Waals surface area contributed by atoms with E-state index in [0.717, 1.165) is 0 Å². The summed E-state index contributed by atoms with van der Waals surface area (Å²) < 4.78 is 26.2. The highest BCUT2D eigenvalue weighted by atomic mass is 35.5. The number of nitrogens with two attached hydrogens (primary N) is 2. The Morgan fingerprint density at radius 1 is 1.29 bits per heavy atom. The van der Waals surface area contributed by atoms with Crippen LogP contribution in [-0.4, -0.2) is 6.54 Å². The van der Waals surface area contributed by atoms with Gasteiger partial charge in [-0.15, -0.1) is 12.4 Å². The number of halogens is 3. The van der Waals surface area contributed by atoms with Gasteiger partial charge in [-0.2, -0.15) is 0 Å².